The van der Waals surface area contributed by atoms with Gasteiger partial charge in [-0.1, -0.05) is 12.1 Å². The fourth-order valence-corrected chi connectivity index (χ4v) is 2.85. The molecular weight excluding hydrogens is 305 g/mol. The molecule has 1 saturated heterocycles. The standard InChI is InChI=1S/C16H18FNO5/c17-11-6-4-10(5-7-11)12-8-18(9-13(12)16(22)23)14(19)2-1-3-15(20)21/h4-7,12-13H,1-3,8-9H2,(H,20,21)(H,22,23)/t12-,13+/m1/s1. The number of benzene rings is 1. The van der Waals surface area contributed by atoms with E-state index in [9.17, 15) is 23.9 Å². The number of carbonyl (C=O) groups excluding carboxylic acids is 1. The topological polar surface area (TPSA) is 94.9 Å². The van der Waals surface area contributed by atoms with Gasteiger partial charge in [0, 0.05) is 31.8 Å². The number of halogens is 1. The minimum atomic E-state index is -1.000. The number of hydrogen-bond acceptors (Lipinski definition) is 3. The smallest absolute Gasteiger partial charge is 0.308 e. The molecule has 1 fully saturated rings. The van der Waals surface area contributed by atoms with Crippen LogP contribution < -0.4 is 0 Å². The summed E-state index contributed by atoms with van der Waals surface area (Å²) in [6, 6.07) is 5.61. The highest BCUT2D eigenvalue weighted by Gasteiger charge is 2.40. The second-order valence-corrected chi connectivity index (χ2v) is 5.65. The van der Waals surface area contributed by atoms with Crippen molar-refractivity contribution in [2.24, 2.45) is 5.92 Å². The molecule has 0 saturated carbocycles. The predicted octanol–water partition coefficient (Wildman–Crippen LogP) is 1.71. The van der Waals surface area contributed by atoms with Gasteiger partial charge in [0.1, 0.15) is 5.82 Å². The van der Waals surface area contributed by atoms with Crippen LogP contribution in [0.2, 0.25) is 0 Å². The Morgan fingerprint density at radius 2 is 1.74 bits per heavy atom. The van der Waals surface area contributed by atoms with Crippen LogP contribution in [0.1, 0.15) is 30.7 Å². The fraction of sp³-hybridized carbons (Fsp3) is 0.438. The van der Waals surface area contributed by atoms with Crippen molar-refractivity contribution in [1.29, 1.82) is 0 Å². The Morgan fingerprint density at radius 3 is 2.30 bits per heavy atom. The zero-order valence-corrected chi connectivity index (χ0v) is 12.4. The Kier molecular flexibility index (Phi) is 5.31. The first-order chi connectivity index (χ1) is 10.9. The van der Waals surface area contributed by atoms with E-state index in [4.69, 9.17) is 5.11 Å². The van der Waals surface area contributed by atoms with Crippen LogP contribution in [0.3, 0.4) is 0 Å². The molecule has 0 radical (unpaired) electrons. The van der Waals surface area contributed by atoms with E-state index < -0.39 is 29.6 Å². The molecule has 1 aromatic rings. The molecule has 0 aromatic heterocycles. The lowest BCUT2D eigenvalue weighted by atomic mass is 9.89. The van der Waals surface area contributed by atoms with Crippen LogP contribution in [-0.2, 0) is 14.4 Å². The summed E-state index contributed by atoms with van der Waals surface area (Å²) in [7, 11) is 0. The van der Waals surface area contributed by atoms with Gasteiger partial charge in [-0.15, -0.1) is 0 Å². The zero-order valence-electron chi connectivity index (χ0n) is 12.4. The Bertz CT molecular complexity index is 601. The Morgan fingerprint density at radius 1 is 1.09 bits per heavy atom. The minimum absolute atomic E-state index is 0.0782. The van der Waals surface area contributed by atoms with Gasteiger partial charge in [-0.3, -0.25) is 14.4 Å². The lowest BCUT2D eigenvalue weighted by Crippen LogP contribution is -2.29. The van der Waals surface area contributed by atoms with Crippen molar-refractivity contribution < 1.29 is 29.0 Å². The number of amides is 1. The molecule has 23 heavy (non-hydrogen) atoms. The first-order valence-electron chi connectivity index (χ1n) is 7.36. The minimum Gasteiger partial charge on any atom is -0.481 e. The number of nitrogens with zero attached hydrogens (tertiary/aromatic N) is 1. The predicted molar refractivity (Wildman–Crippen MR) is 78.3 cm³/mol. The number of rotatable bonds is 6. The van der Waals surface area contributed by atoms with E-state index in [2.05, 4.69) is 0 Å². The number of aliphatic carboxylic acids is 2. The summed E-state index contributed by atoms with van der Waals surface area (Å²) in [5.74, 6) is -3.75. The maximum absolute atomic E-state index is 13.0. The van der Waals surface area contributed by atoms with E-state index in [1.165, 1.54) is 29.2 Å². The lowest BCUT2D eigenvalue weighted by molar-refractivity contribution is -0.142. The van der Waals surface area contributed by atoms with Crippen LogP contribution in [0.25, 0.3) is 0 Å². The molecule has 6 nitrogen and oxygen atoms in total. The SMILES string of the molecule is O=C(O)CCCC(=O)N1C[C@H](C(=O)O)[C@@H](c2ccc(F)cc2)C1. The summed E-state index contributed by atoms with van der Waals surface area (Å²) in [6.07, 6.45) is 0.210. The normalized spacial score (nSPS) is 20.5. The molecule has 0 spiro atoms. The summed E-state index contributed by atoms with van der Waals surface area (Å²) in [6.45, 7) is 0.331. The van der Waals surface area contributed by atoms with Crippen molar-refractivity contribution in [3.63, 3.8) is 0 Å². The van der Waals surface area contributed by atoms with Crippen LogP contribution in [0.15, 0.2) is 24.3 Å². The van der Waals surface area contributed by atoms with Gasteiger partial charge in [-0.2, -0.15) is 0 Å². The number of carboxylic acids is 2. The van der Waals surface area contributed by atoms with Crippen molar-refractivity contribution in [3.8, 4) is 0 Å². The first-order valence-corrected chi connectivity index (χ1v) is 7.36. The van der Waals surface area contributed by atoms with Crippen LogP contribution in [0.5, 0.6) is 0 Å². The molecule has 2 atom stereocenters. The summed E-state index contributed by atoms with van der Waals surface area (Å²) in [4.78, 5) is 35.5. The molecule has 2 N–H and O–H groups in total. The van der Waals surface area contributed by atoms with E-state index in [-0.39, 0.29) is 38.3 Å². The molecular formula is C16H18FNO5. The highest BCUT2D eigenvalue weighted by molar-refractivity contribution is 5.80. The third-order valence-electron chi connectivity index (χ3n) is 4.07. The quantitative estimate of drug-likeness (QED) is 0.831. The van der Waals surface area contributed by atoms with Gasteiger partial charge in [0.25, 0.3) is 0 Å². The van der Waals surface area contributed by atoms with E-state index in [1.54, 1.807) is 0 Å². The highest BCUT2D eigenvalue weighted by Crippen LogP contribution is 2.33. The monoisotopic (exact) mass is 323 g/mol. The fourth-order valence-electron chi connectivity index (χ4n) is 2.85. The van der Waals surface area contributed by atoms with Gasteiger partial charge in [0.2, 0.25) is 5.91 Å². The highest BCUT2D eigenvalue weighted by atomic mass is 19.1. The van der Waals surface area contributed by atoms with Crippen molar-refractivity contribution in [2.45, 2.75) is 25.2 Å². The lowest BCUT2D eigenvalue weighted by Gasteiger charge is -2.16. The summed E-state index contributed by atoms with van der Waals surface area (Å²) >= 11 is 0. The van der Waals surface area contributed by atoms with Crippen LogP contribution >= 0.6 is 0 Å². The maximum atomic E-state index is 13.0. The Balaban J connectivity index is 2.05. The van der Waals surface area contributed by atoms with Gasteiger partial charge >= 0.3 is 11.9 Å². The van der Waals surface area contributed by atoms with Crippen molar-refractivity contribution in [1.82, 2.24) is 4.90 Å². The number of likely N-dealkylation sites (tertiary alicyclic amines) is 1. The number of hydrogen-bond donors (Lipinski definition) is 2. The van der Waals surface area contributed by atoms with E-state index in [1.807, 2.05) is 0 Å². The van der Waals surface area contributed by atoms with Gasteiger partial charge in [0.15, 0.2) is 0 Å². The molecule has 2 rings (SSSR count). The summed E-state index contributed by atoms with van der Waals surface area (Å²) < 4.78 is 13.0. The molecule has 124 valence electrons. The first kappa shape index (κ1) is 16.9. The molecule has 7 heteroatoms. The maximum Gasteiger partial charge on any atom is 0.308 e. The molecule has 1 aliphatic heterocycles. The Hall–Kier alpha value is -2.44. The van der Waals surface area contributed by atoms with Gasteiger partial charge in [-0.25, -0.2) is 4.39 Å². The van der Waals surface area contributed by atoms with E-state index in [0.717, 1.165) is 0 Å². The van der Waals surface area contributed by atoms with Crippen LogP contribution in [-0.4, -0.2) is 46.0 Å². The zero-order chi connectivity index (χ0) is 17.0. The average molecular weight is 323 g/mol. The van der Waals surface area contributed by atoms with Crippen molar-refractivity contribution in [3.05, 3.63) is 35.6 Å². The van der Waals surface area contributed by atoms with E-state index >= 15 is 0 Å². The van der Waals surface area contributed by atoms with Crippen molar-refractivity contribution >= 4 is 17.8 Å². The van der Waals surface area contributed by atoms with Gasteiger partial charge in [0.05, 0.1) is 5.92 Å². The molecule has 0 unspecified atom stereocenters. The molecule has 0 aliphatic carbocycles. The second kappa shape index (κ2) is 7.21. The third kappa shape index (κ3) is 4.28. The van der Waals surface area contributed by atoms with Crippen LogP contribution in [0.4, 0.5) is 4.39 Å². The largest absolute Gasteiger partial charge is 0.481 e. The molecule has 1 aliphatic rings. The molecule has 1 amide bonds. The van der Waals surface area contributed by atoms with Crippen molar-refractivity contribution in [2.75, 3.05) is 13.1 Å². The molecule has 1 heterocycles. The number of carboxylic acid groups (broad SMARTS) is 2. The summed E-state index contributed by atoms with van der Waals surface area (Å²) in [5.41, 5.74) is 0.680. The molecule has 0 bridgehead atoms. The molecule has 1 aromatic carbocycles. The third-order valence-corrected chi connectivity index (χ3v) is 4.07. The Labute approximate surface area is 132 Å². The van der Waals surface area contributed by atoms with Gasteiger partial charge in [-0.05, 0) is 24.1 Å². The van der Waals surface area contributed by atoms with Gasteiger partial charge < -0.3 is 15.1 Å². The van der Waals surface area contributed by atoms with E-state index in [0.29, 0.717) is 5.56 Å². The summed E-state index contributed by atoms with van der Waals surface area (Å²) in [5, 5.41) is 17.9. The second-order valence-electron chi connectivity index (χ2n) is 5.65. The van der Waals surface area contributed by atoms with Crippen LogP contribution in [0, 0.1) is 11.7 Å². The number of carbonyl (C=O) groups is 3. The average Bonchev–Trinajstić information content (AvgIpc) is 2.93.